The van der Waals surface area contributed by atoms with Gasteiger partial charge in [-0.05, 0) is 42.2 Å². The molecule has 0 spiro atoms. The molecule has 136 valence electrons. The highest BCUT2D eigenvalue weighted by atomic mass is 16.5. The van der Waals surface area contributed by atoms with Gasteiger partial charge in [0.15, 0.2) is 0 Å². The molecule has 2 amide bonds. The average Bonchev–Trinajstić information content (AvgIpc) is 2.69. The summed E-state index contributed by atoms with van der Waals surface area (Å²) in [4.78, 5) is 23.5. The molecular weight excluding hydrogens is 328 g/mol. The van der Waals surface area contributed by atoms with Crippen LogP contribution in [0.1, 0.15) is 17.5 Å². The second kappa shape index (κ2) is 10.7. The van der Waals surface area contributed by atoms with Gasteiger partial charge in [0.2, 0.25) is 11.8 Å². The Morgan fingerprint density at radius 2 is 1.73 bits per heavy atom. The Balaban J connectivity index is 1.59. The molecule has 2 N–H and O–H groups in total. The van der Waals surface area contributed by atoms with E-state index in [1.165, 1.54) is 11.6 Å². The minimum absolute atomic E-state index is 0.0273. The molecule has 0 aliphatic carbocycles. The van der Waals surface area contributed by atoms with E-state index < -0.39 is 0 Å². The zero-order valence-corrected chi connectivity index (χ0v) is 14.9. The van der Waals surface area contributed by atoms with E-state index in [-0.39, 0.29) is 18.4 Å². The normalized spacial score (nSPS) is 10.5. The van der Waals surface area contributed by atoms with Gasteiger partial charge in [-0.2, -0.15) is 0 Å². The highest BCUT2D eigenvalue weighted by Crippen LogP contribution is 2.12. The number of methoxy groups -OCH3 is 1. The fourth-order valence-corrected chi connectivity index (χ4v) is 2.34. The molecule has 0 atom stereocenters. The molecule has 0 radical (unpaired) electrons. The molecule has 5 heteroatoms. The summed E-state index contributed by atoms with van der Waals surface area (Å²) in [5.41, 5.74) is 2.13. The quantitative estimate of drug-likeness (QED) is 0.538. The first-order chi connectivity index (χ1) is 12.7. The average molecular weight is 352 g/mol. The van der Waals surface area contributed by atoms with Crippen molar-refractivity contribution in [3.05, 3.63) is 71.8 Å². The number of rotatable bonds is 9. The number of ether oxygens (including phenoxy) is 1. The number of hydrogen-bond acceptors (Lipinski definition) is 3. The Kier molecular flexibility index (Phi) is 7.93. The van der Waals surface area contributed by atoms with Crippen LogP contribution in [0.4, 0.5) is 0 Å². The van der Waals surface area contributed by atoms with E-state index in [9.17, 15) is 9.59 Å². The van der Waals surface area contributed by atoms with Gasteiger partial charge in [0, 0.05) is 12.6 Å². The lowest BCUT2D eigenvalue weighted by Gasteiger charge is -2.06. The Morgan fingerprint density at radius 1 is 1.00 bits per heavy atom. The van der Waals surface area contributed by atoms with Crippen LogP contribution in [0.3, 0.4) is 0 Å². The molecule has 0 aromatic heterocycles. The molecule has 0 aliphatic heterocycles. The predicted octanol–water partition coefficient (Wildman–Crippen LogP) is 2.57. The molecule has 26 heavy (non-hydrogen) atoms. The zero-order chi connectivity index (χ0) is 18.6. The van der Waals surface area contributed by atoms with Crippen molar-refractivity contribution in [1.82, 2.24) is 10.6 Å². The van der Waals surface area contributed by atoms with E-state index in [2.05, 4.69) is 10.6 Å². The first kappa shape index (κ1) is 19.2. The SMILES string of the molecule is COc1ccc(CCCNC(=O)CNC(=O)/C=C/c2ccccc2)cc1. The number of carbonyl (C=O) groups excluding carboxylic acids is 2. The number of benzene rings is 2. The first-order valence-electron chi connectivity index (χ1n) is 8.58. The number of amides is 2. The van der Waals surface area contributed by atoms with E-state index in [4.69, 9.17) is 4.74 Å². The van der Waals surface area contributed by atoms with Gasteiger partial charge in [0.1, 0.15) is 5.75 Å². The highest BCUT2D eigenvalue weighted by molar-refractivity contribution is 5.94. The third-order valence-electron chi connectivity index (χ3n) is 3.77. The van der Waals surface area contributed by atoms with E-state index in [1.807, 2.05) is 54.6 Å². The monoisotopic (exact) mass is 352 g/mol. The Morgan fingerprint density at radius 3 is 2.42 bits per heavy atom. The Labute approximate surface area is 154 Å². The van der Waals surface area contributed by atoms with Crippen LogP contribution in [0.2, 0.25) is 0 Å². The molecule has 2 rings (SSSR count). The fourth-order valence-electron chi connectivity index (χ4n) is 2.34. The molecule has 0 fully saturated rings. The lowest BCUT2D eigenvalue weighted by Crippen LogP contribution is -2.36. The van der Waals surface area contributed by atoms with Gasteiger partial charge in [-0.25, -0.2) is 0 Å². The summed E-state index contributed by atoms with van der Waals surface area (Å²) in [6.07, 6.45) is 4.84. The van der Waals surface area contributed by atoms with Gasteiger partial charge in [-0.1, -0.05) is 42.5 Å². The number of aryl methyl sites for hydroxylation is 1. The van der Waals surface area contributed by atoms with Gasteiger partial charge in [-0.3, -0.25) is 9.59 Å². The minimum Gasteiger partial charge on any atom is -0.497 e. The van der Waals surface area contributed by atoms with Gasteiger partial charge in [0.25, 0.3) is 0 Å². The third-order valence-corrected chi connectivity index (χ3v) is 3.77. The molecule has 2 aromatic rings. The summed E-state index contributed by atoms with van der Waals surface area (Å²) >= 11 is 0. The number of hydrogen-bond donors (Lipinski definition) is 2. The molecule has 0 unspecified atom stereocenters. The molecule has 0 saturated carbocycles. The molecule has 0 aliphatic rings. The smallest absolute Gasteiger partial charge is 0.244 e. The van der Waals surface area contributed by atoms with Crippen molar-refractivity contribution in [3.8, 4) is 5.75 Å². The van der Waals surface area contributed by atoms with Crippen molar-refractivity contribution in [1.29, 1.82) is 0 Å². The van der Waals surface area contributed by atoms with Crippen LogP contribution < -0.4 is 15.4 Å². The Bertz CT molecular complexity index is 725. The van der Waals surface area contributed by atoms with Crippen molar-refractivity contribution < 1.29 is 14.3 Å². The standard InChI is InChI=1S/C21H24N2O3/c1-26-19-12-9-18(10-13-19)8-5-15-22-21(25)16-23-20(24)14-11-17-6-3-2-4-7-17/h2-4,6-7,9-14H,5,8,15-16H2,1H3,(H,22,25)(H,23,24)/b14-11+. The maximum absolute atomic E-state index is 11.8. The second-order valence-corrected chi connectivity index (χ2v) is 5.76. The second-order valence-electron chi connectivity index (χ2n) is 5.76. The van der Waals surface area contributed by atoms with Gasteiger partial charge < -0.3 is 15.4 Å². The van der Waals surface area contributed by atoms with Crippen molar-refractivity contribution in [3.63, 3.8) is 0 Å². The molecule has 5 nitrogen and oxygen atoms in total. The molecule has 0 bridgehead atoms. The Hall–Kier alpha value is -3.08. The summed E-state index contributed by atoms with van der Waals surface area (Å²) in [7, 11) is 1.64. The molecule has 0 saturated heterocycles. The summed E-state index contributed by atoms with van der Waals surface area (Å²) in [6, 6.07) is 17.4. The number of carbonyl (C=O) groups is 2. The van der Waals surface area contributed by atoms with Crippen LogP contribution in [-0.2, 0) is 16.0 Å². The predicted molar refractivity (Wildman–Crippen MR) is 103 cm³/mol. The van der Waals surface area contributed by atoms with Crippen molar-refractivity contribution >= 4 is 17.9 Å². The van der Waals surface area contributed by atoms with E-state index in [0.29, 0.717) is 6.54 Å². The zero-order valence-electron chi connectivity index (χ0n) is 14.9. The van der Waals surface area contributed by atoms with E-state index in [1.54, 1.807) is 13.2 Å². The fraction of sp³-hybridized carbons (Fsp3) is 0.238. The maximum Gasteiger partial charge on any atom is 0.244 e. The van der Waals surface area contributed by atoms with Crippen LogP contribution in [0, 0.1) is 0 Å². The van der Waals surface area contributed by atoms with Crippen molar-refractivity contribution in [2.75, 3.05) is 20.2 Å². The van der Waals surface area contributed by atoms with Crippen LogP contribution in [0.5, 0.6) is 5.75 Å². The number of nitrogens with one attached hydrogen (secondary N) is 2. The summed E-state index contributed by atoms with van der Waals surface area (Å²) in [5.74, 6) is 0.350. The molecule has 2 aromatic carbocycles. The van der Waals surface area contributed by atoms with Gasteiger partial charge in [0.05, 0.1) is 13.7 Å². The lowest BCUT2D eigenvalue weighted by atomic mass is 10.1. The molecular formula is C21H24N2O3. The minimum atomic E-state index is -0.290. The van der Waals surface area contributed by atoms with E-state index >= 15 is 0 Å². The van der Waals surface area contributed by atoms with E-state index in [0.717, 1.165) is 24.2 Å². The summed E-state index contributed by atoms with van der Waals surface area (Å²) in [6.45, 7) is 0.543. The van der Waals surface area contributed by atoms with Crippen LogP contribution in [-0.4, -0.2) is 32.0 Å². The maximum atomic E-state index is 11.8. The largest absolute Gasteiger partial charge is 0.497 e. The topological polar surface area (TPSA) is 67.4 Å². The third kappa shape index (κ3) is 7.21. The highest BCUT2D eigenvalue weighted by Gasteiger charge is 2.03. The first-order valence-corrected chi connectivity index (χ1v) is 8.58. The van der Waals surface area contributed by atoms with Gasteiger partial charge >= 0.3 is 0 Å². The molecule has 0 heterocycles. The lowest BCUT2D eigenvalue weighted by molar-refractivity contribution is -0.123. The van der Waals surface area contributed by atoms with Crippen molar-refractivity contribution in [2.24, 2.45) is 0 Å². The van der Waals surface area contributed by atoms with Crippen LogP contribution in [0.15, 0.2) is 60.7 Å². The van der Waals surface area contributed by atoms with Crippen LogP contribution in [0.25, 0.3) is 6.08 Å². The summed E-state index contributed by atoms with van der Waals surface area (Å²) in [5, 5.41) is 5.37. The van der Waals surface area contributed by atoms with Crippen molar-refractivity contribution in [2.45, 2.75) is 12.8 Å². The van der Waals surface area contributed by atoms with Crippen LogP contribution >= 0.6 is 0 Å². The summed E-state index contributed by atoms with van der Waals surface area (Å²) < 4.78 is 5.12. The van der Waals surface area contributed by atoms with Gasteiger partial charge in [-0.15, -0.1) is 0 Å².